The Morgan fingerprint density at radius 2 is 2.12 bits per heavy atom. The van der Waals surface area contributed by atoms with Gasteiger partial charge in [0.25, 0.3) is 5.91 Å². The number of rotatable bonds is 2. The van der Waals surface area contributed by atoms with Crippen LogP contribution >= 0.6 is 0 Å². The Bertz CT molecular complexity index is 589. The molecule has 82 valence electrons. The third-order valence-electron chi connectivity index (χ3n) is 2.19. The van der Waals surface area contributed by atoms with E-state index in [0.717, 1.165) is 0 Å². The first kappa shape index (κ1) is 10.4. The number of amides is 1. The maximum absolute atomic E-state index is 11.6. The average molecular weight is 218 g/mol. The van der Waals surface area contributed by atoms with E-state index >= 15 is 0 Å². The van der Waals surface area contributed by atoms with Crippen LogP contribution in [-0.4, -0.2) is 18.0 Å². The van der Waals surface area contributed by atoms with Gasteiger partial charge in [-0.3, -0.25) is 14.4 Å². The Balaban J connectivity index is 2.68. The fourth-order valence-electron chi connectivity index (χ4n) is 1.54. The molecule has 2 rings (SSSR count). The molecule has 16 heavy (non-hydrogen) atoms. The Labute approximate surface area is 91.0 Å². The molecule has 0 saturated heterocycles. The van der Waals surface area contributed by atoms with E-state index in [-0.39, 0.29) is 5.56 Å². The lowest BCUT2D eigenvalue weighted by Crippen LogP contribution is -2.24. The summed E-state index contributed by atoms with van der Waals surface area (Å²) in [6.07, 6.45) is 0. The van der Waals surface area contributed by atoms with Crippen molar-refractivity contribution in [2.45, 2.75) is 0 Å². The molecule has 0 bridgehead atoms. The van der Waals surface area contributed by atoms with Crippen LogP contribution in [0.1, 0.15) is 10.4 Å². The fraction of sp³-hybridized carbons (Fsp3) is 0.0909. The molecule has 5 heteroatoms. The Hall–Kier alpha value is -2.14. The lowest BCUT2D eigenvalue weighted by molar-refractivity contribution is 0.0539. The molecule has 0 aliphatic rings. The van der Waals surface area contributed by atoms with Crippen molar-refractivity contribution in [2.75, 3.05) is 7.11 Å². The number of H-pyrrole nitrogens is 1. The molecule has 0 atom stereocenters. The molecule has 0 spiro atoms. The normalized spacial score (nSPS) is 10.3. The summed E-state index contributed by atoms with van der Waals surface area (Å²) >= 11 is 0. The van der Waals surface area contributed by atoms with Gasteiger partial charge in [-0.2, -0.15) is 0 Å². The molecule has 0 aliphatic heterocycles. The Kier molecular flexibility index (Phi) is 2.70. The maximum Gasteiger partial charge on any atom is 0.275 e. The summed E-state index contributed by atoms with van der Waals surface area (Å²) < 4.78 is 0. The van der Waals surface area contributed by atoms with Crippen molar-refractivity contribution in [2.24, 2.45) is 0 Å². The summed E-state index contributed by atoms with van der Waals surface area (Å²) in [7, 11) is 1.34. The number of carbonyl (C=O) groups is 1. The second-order valence-electron chi connectivity index (χ2n) is 3.23. The van der Waals surface area contributed by atoms with Gasteiger partial charge < -0.3 is 4.98 Å². The molecule has 1 heterocycles. The quantitative estimate of drug-likeness (QED) is 0.733. The van der Waals surface area contributed by atoms with Crippen molar-refractivity contribution in [3.8, 4) is 0 Å². The molecule has 1 aromatic heterocycles. The third-order valence-corrected chi connectivity index (χ3v) is 2.19. The zero-order valence-corrected chi connectivity index (χ0v) is 8.61. The minimum atomic E-state index is -0.440. The highest BCUT2D eigenvalue weighted by atomic mass is 16.6. The van der Waals surface area contributed by atoms with E-state index in [2.05, 4.69) is 15.3 Å². The fourth-order valence-corrected chi connectivity index (χ4v) is 1.54. The van der Waals surface area contributed by atoms with Gasteiger partial charge in [0.1, 0.15) is 0 Å². The van der Waals surface area contributed by atoms with E-state index < -0.39 is 5.91 Å². The summed E-state index contributed by atoms with van der Waals surface area (Å²) in [6.45, 7) is 0. The van der Waals surface area contributed by atoms with Crippen LogP contribution in [0.25, 0.3) is 10.9 Å². The molecule has 2 N–H and O–H groups in total. The average Bonchev–Trinajstić information content (AvgIpc) is 2.28. The Morgan fingerprint density at radius 1 is 1.38 bits per heavy atom. The van der Waals surface area contributed by atoms with Gasteiger partial charge in [-0.25, -0.2) is 5.48 Å². The van der Waals surface area contributed by atoms with Crippen LogP contribution in [0.3, 0.4) is 0 Å². The number of nitrogens with one attached hydrogen (secondary N) is 2. The molecule has 1 aromatic carbocycles. The largest absolute Gasteiger partial charge is 0.322 e. The number of hydrogen-bond acceptors (Lipinski definition) is 3. The summed E-state index contributed by atoms with van der Waals surface area (Å²) in [4.78, 5) is 30.1. The first-order valence-electron chi connectivity index (χ1n) is 4.68. The number of pyridine rings is 1. The van der Waals surface area contributed by atoms with Gasteiger partial charge in [0.2, 0.25) is 5.56 Å². The van der Waals surface area contributed by atoms with Crippen LogP contribution in [0, 0.1) is 0 Å². The molecular weight excluding hydrogens is 208 g/mol. The zero-order valence-electron chi connectivity index (χ0n) is 8.61. The lowest BCUT2D eigenvalue weighted by Gasteiger charge is -2.05. The summed E-state index contributed by atoms with van der Waals surface area (Å²) in [5, 5.41) is 0.677. The molecule has 1 amide bonds. The minimum absolute atomic E-state index is 0.293. The van der Waals surface area contributed by atoms with Gasteiger partial charge in [-0.15, -0.1) is 0 Å². The van der Waals surface area contributed by atoms with Crippen LogP contribution in [0.15, 0.2) is 35.1 Å². The first-order chi connectivity index (χ1) is 7.72. The minimum Gasteiger partial charge on any atom is -0.322 e. The van der Waals surface area contributed by atoms with E-state index in [0.29, 0.717) is 16.5 Å². The second-order valence-corrected chi connectivity index (χ2v) is 3.23. The number of aromatic amines is 1. The van der Waals surface area contributed by atoms with Gasteiger partial charge in [0.05, 0.1) is 12.7 Å². The topological polar surface area (TPSA) is 71.2 Å². The zero-order chi connectivity index (χ0) is 11.5. The second kappa shape index (κ2) is 4.16. The maximum atomic E-state index is 11.6. The number of para-hydroxylation sites is 1. The predicted octanol–water partition coefficient (Wildman–Crippen LogP) is 0.819. The number of fused-ring (bicyclic) bond motifs is 1. The van der Waals surface area contributed by atoms with Crippen molar-refractivity contribution >= 4 is 16.8 Å². The number of carbonyl (C=O) groups excluding carboxylic acids is 1. The molecular formula is C11H10N2O3. The SMILES string of the molecule is CONC(=O)c1cc(=O)[nH]c2ccccc12. The van der Waals surface area contributed by atoms with E-state index in [1.54, 1.807) is 24.3 Å². The van der Waals surface area contributed by atoms with Crippen molar-refractivity contribution < 1.29 is 9.63 Å². The Morgan fingerprint density at radius 3 is 2.88 bits per heavy atom. The first-order valence-corrected chi connectivity index (χ1v) is 4.68. The van der Waals surface area contributed by atoms with Gasteiger partial charge in [-0.05, 0) is 6.07 Å². The van der Waals surface area contributed by atoms with Gasteiger partial charge >= 0.3 is 0 Å². The molecule has 0 aliphatic carbocycles. The van der Waals surface area contributed by atoms with E-state index in [1.165, 1.54) is 13.2 Å². The van der Waals surface area contributed by atoms with Gasteiger partial charge in [0.15, 0.2) is 0 Å². The van der Waals surface area contributed by atoms with E-state index in [9.17, 15) is 9.59 Å². The molecule has 0 saturated carbocycles. The lowest BCUT2D eigenvalue weighted by atomic mass is 10.1. The van der Waals surface area contributed by atoms with Crippen LogP contribution in [0.2, 0.25) is 0 Å². The number of hydrogen-bond donors (Lipinski definition) is 2. The predicted molar refractivity (Wildman–Crippen MR) is 59.0 cm³/mol. The summed E-state index contributed by atoms with van der Waals surface area (Å²) in [6, 6.07) is 8.33. The third kappa shape index (κ3) is 1.80. The molecule has 0 unspecified atom stereocenters. The highest BCUT2D eigenvalue weighted by molar-refractivity contribution is 6.05. The number of benzene rings is 1. The van der Waals surface area contributed by atoms with Crippen LogP contribution in [0.4, 0.5) is 0 Å². The van der Waals surface area contributed by atoms with E-state index in [1.807, 2.05) is 0 Å². The van der Waals surface area contributed by atoms with E-state index in [4.69, 9.17) is 0 Å². The van der Waals surface area contributed by atoms with Crippen molar-refractivity contribution in [3.05, 3.63) is 46.2 Å². The van der Waals surface area contributed by atoms with Crippen molar-refractivity contribution in [1.82, 2.24) is 10.5 Å². The molecule has 5 nitrogen and oxygen atoms in total. The van der Waals surface area contributed by atoms with Crippen molar-refractivity contribution in [3.63, 3.8) is 0 Å². The smallest absolute Gasteiger partial charge is 0.275 e. The monoisotopic (exact) mass is 218 g/mol. The molecule has 2 aromatic rings. The van der Waals surface area contributed by atoms with Gasteiger partial charge in [0, 0.05) is 17.0 Å². The van der Waals surface area contributed by atoms with Crippen LogP contribution in [-0.2, 0) is 4.84 Å². The van der Waals surface area contributed by atoms with Gasteiger partial charge in [-0.1, -0.05) is 18.2 Å². The highest BCUT2D eigenvalue weighted by Gasteiger charge is 2.10. The van der Waals surface area contributed by atoms with Crippen molar-refractivity contribution in [1.29, 1.82) is 0 Å². The number of aromatic nitrogens is 1. The summed E-state index contributed by atoms with van der Waals surface area (Å²) in [5.41, 5.74) is 2.78. The highest BCUT2D eigenvalue weighted by Crippen LogP contribution is 2.13. The molecule has 0 fully saturated rings. The molecule has 0 radical (unpaired) electrons. The van der Waals surface area contributed by atoms with Crippen LogP contribution < -0.4 is 11.0 Å². The standard InChI is InChI=1S/C11H10N2O3/c1-16-13-11(15)8-6-10(14)12-9-5-3-2-4-7(8)9/h2-6H,1H3,(H,12,14)(H,13,15). The number of hydroxylamine groups is 1. The summed E-state index contributed by atoms with van der Waals surface area (Å²) in [5.74, 6) is -0.440. The van der Waals surface area contributed by atoms with Crippen LogP contribution in [0.5, 0.6) is 0 Å².